The molecule has 2 N–H and O–H groups in total. The summed E-state index contributed by atoms with van der Waals surface area (Å²) in [6.07, 6.45) is 8.64. The summed E-state index contributed by atoms with van der Waals surface area (Å²) in [5.74, 6) is -1.28. The number of carbonyl (C=O) groups excluding carboxylic acids is 2. The second kappa shape index (κ2) is 8.83. The second-order valence-corrected chi connectivity index (χ2v) is 9.67. The standard InChI is InChI=1S/C24H30N6O4/c1-28(2)23(33)20-17(12-31)19-11-29-18(8-7-16(22(29)32)14-9-25-13-26-10-14)21(20)30(19)24(34)27-15-5-3-4-6-15/h7-10,13,15,17,19-21,31H,3-6,11-12H2,1-2H3,(H,27,34)/t17-,19-,20+,21+/m1/s1. The summed E-state index contributed by atoms with van der Waals surface area (Å²) in [5.41, 5.74) is 1.46. The van der Waals surface area contributed by atoms with Gasteiger partial charge in [-0.15, -0.1) is 0 Å². The minimum absolute atomic E-state index is 0.118. The number of carbonyl (C=O) groups is 2. The van der Waals surface area contributed by atoms with Crippen molar-refractivity contribution in [3.05, 3.63) is 46.9 Å². The number of pyridine rings is 1. The number of aromatic nitrogens is 3. The van der Waals surface area contributed by atoms with Crippen LogP contribution in [0.4, 0.5) is 4.79 Å². The second-order valence-electron chi connectivity index (χ2n) is 9.67. The molecule has 0 aromatic carbocycles. The van der Waals surface area contributed by atoms with Crippen molar-refractivity contribution in [2.45, 2.75) is 50.4 Å². The summed E-state index contributed by atoms with van der Waals surface area (Å²) >= 11 is 0. The van der Waals surface area contributed by atoms with Gasteiger partial charge in [0, 0.05) is 62.9 Å². The Morgan fingerprint density at radius 1 is 1.18 bits per heavy atom. The van der Waals surface area contributed by atoms with Crippen LogP contribution in [0.2, 0.25) is 0 Å². The fraction of sp³-hybridized carbons (Fsp3) is 0.542. The first-order valence-electron chi connectivity index (χ1n) is 11.8. The van der Waals surface area contributed by atoms with E-state index >= 15 is 0 Å². The van der Waals surface area contributed by atoms with Crippen LogP contribution in [-0.4, -0.2) is 74.2 Å². The molecule has 1 saturated carbocycles. The predicted molar refractivity (Wildman–Crippen MR) is 124 cm³/mol. The number of aliphatic hydroxyl groups is 1. The zero-order valence-electron chi connectivity index (χ0n) is 19.4. The zero-order chi connectivity index (χ0) is 24.0. The minimum Gasteiger partial charge on any atom is -0.396 e. The van der Waals surface area contributed by atoms with Gasteiger partial charge in [-0.05, 0) is 25.0 Å². The minimum atomic E-state index is -0.640. The van der Waals surface area contributed by atoms with Crippen molar-refractivity contribution in [2.24, 2.45) is 11.8 Å². The van der Waals surface area contributed by atoms with Crippen LogP contribution >= 0.6 is 0 Å². The molecule has 4 heterocycles. The van der Waals surface area contributed by atoms with Crippen LogP contribution < -0.4 is 10.9 Å². The Hall–Kier alpha value is -3.27. The molecule has 10 nitrogen and oxygen atoms in total. The van der Waals surface area contributed by atoms with Gasteiger partial charge in [-0.3, -0.25) is 9.59 Å². The van der Waals surface area contributed by atoms with Gasteiger partial charge in [0.25, 0.3) is 5.56 Å². The molecule has 5 rings (SSSR count). The normalized spacial score (nSPS) is 25.8. The zero-order valence-corrected chi connectivity index (χ0v) is 19.4. The number of urea groups is 1. The number of nitrogens with one attached hydrogen (secondary N) is 1. The highest BCUT2D eigenvalue weighted by Gasteiger charge is 2.58. The van der Waals surface area contributed by atoms with Crippen molar-refractivity contribution in [1.82, 2.24) is 29.7 Å². The van der Waals surface area contributed by atoms with E-state index in [2.05, 4.69) is 15.3 Å². The molecule has 2 aromatic rings. The molecule has 34 heavy (non-hydrogen) atoms. The quantitative estimate of drug-likeness (QED) is 0.694. The lowest BCUT2D eigenvalue weighted by atomic mass is 9.86. The van der Waals surface area contributed by atoms with Gasteiger partial charge < -0.3 is 24.8 Å². The van der Waals surface area contributed by atoms with Gasteiger partial charge in [0.05, 0.1) is 23.6 Å². The first-order valence-corrected chi connectivity index (χ1v) is 11.8. The molecule has 2 bridgehead atoms. The van der Waals surface area contributed by atoms with E-state index in [1.807, 2.05) is 6.07 Å². The third kappa shape index (κ3) is 3.56. The first kappa shape index (κ1) is 22.5. The van der Waals surface area contributed by atoms with Crippen molar-refractivity contribution >= 4 is 11.9 Å². The van der Waals surface area contributed by atoms with Crippen molar-refractivity contribution < 1.29 is 14.7 Å². The molecule has 1 aliphatic carbocycles. The predicted octanol–water partition coefficient (Wildman–Crippen LogP) is 1.01. The van der Waals surface area contributed by atoms with E-state index in [9.17, 15) is 19.5 Å². The highest BCUT2D eigenvalue weighted by molar-refractivity contribution is 5.84. The molecular formula is C24H30N6O4. The molecule has 0 spiro atoms. The summed E-state index contributed by atoms with van der Waals surface area (Å²) in [5, 5.41) is 13.5. The molecule has 4 atom stereocenters. The maximum absolute atomic E-state index is 13.5. The molecule has 180 valence electrons. The van der Waals surface area contributed by atoms with E-state index < -0.39 is 23.9 Å². The molecular weight excluding hydrogens is 436 g/mol. The SMILES string of the molecule is CN(C)C(=O)[C@H]1[C@H](CO)[C@H]2Cn3c(ccc(-c4cncnc4)c3=O)[C@@H]1N2C(=O)NC1CCCC1. The highest BCUT2D eigenvalue weighted by atomic mass is 16.3. The Morgan fingerprint density at radius 2 is 1.88 bits per heavy atom. The van der Waals surface area contributed by atoms with Crippen molar-refractivity contribution in [1.29, 1.82) is 0 Å². The third-order valence-corrected chi connectivity index (χ3v) is 7.56. The fourth-order valence-corrected chi connectivity index (χ4v) is 5.94. The van der Waals surface area contributed by atoms with E-state index in [0.717, 1.165) is 25.7 Å². The number of rotatable bonds is 4. The van der Waals surface area contributed by atoms with Crippen LogP contribution in [0.5, 0.6) is 0 Å². The largest absolute Gasteiger partial charge is 0.396 e. The summed E-state index contributed by atoms with van der Waals surface area (Å²) in [6.45, 7) is -0.0343. The molecule has 2 aromatic heterocycles. The average Bonchev–Trinajstić information content (AvgIpc) is 3.43. The topological polar surface area (TPSA) is 121 Å². The number of aliphatic hydroxyl groups excluding tert-OH is 1. The average molecular weight is 467 g/mol. The molecule has 2 aliphatic heterocycles. The lowest BCUT2D eigenvalue weighted by Gasteiger charge is -2.39. The highest BCUT2D eigenvalue weighted by Crippen LogP contribution is 2.49. The van der Waals surface area contributed by atoms with Crippen LogP contribution in [0.3, 0.4) is 0 Å². The Bertz CT molecular complexity index is 1140. The van der Waals surface area contributed by atoms with Gasteiger partial charge in [-0.1, -0.05) is 12.8 Å². The lowest BCUT2D eigenvalue weighted by molar-refractivity contribution is -0.135. The first-order chi connectivity index (χ1) is 16.4. The van der Waals surface area contributed by atoms with E-state index in [1.165, 1.54) is 11.2 Å². The third-order valence-electron chi connectivity index (χ3n) is 7.56. The van der Waals surface area contributed by atoms with Gasteiger partial charge in [0.2, 0.25) is 5.91 Å². The Labute approximate surface area is 197 Å². The monoisotopic (exact) mass is 466 g/mol. The van der Waals surface area contributed by atoms with Crippen LogP contribution in [0, 0.1) is 11.8 Å². The van der Waals surface area contributed by atoms with Gasteiger partial charge in [-0.25, -0.2) is 14.8 Å². The number of hydrogen-bond acceptors (Lipinski definition) is 6. The van der Waals surface area contributed by atoms with Crippen LogP contribution in [0.25, 0.3) is 11.1 Å². The summed E-state index contributed by atoms with van der Waals surface area (Å²) in [6, 6.07) is 2.30. The Morgan fingerprint density at radius 3 is 2.53 bits per heavy atom. The Balaban J connectivity index is 1.60. The smallest absolute Gasteiger partial charge is 0.318 e. The molecule has 1 saturated heterocycles. The summed E-state index contributed by atoms with van der Waals surface area (Å²) in [7, 11) is 3.35. The molecule has 3 amide bonds. The molecule has 0 unspecified atom stereocenters. The van der Waals surface area contributed by atoms with Gasteiger partial charge >= 0.3 is 6.03 Å². The fourth-order valence-electron chi connectivity index (χ4n) is 5.94. The van der Waals surface area contributed by atoms with E-state index in [1.54, 1.807) is 42.0 Å². The van der Waals surface area contributed by atoms with Crippen molar-refractivity contribution in [2.75, 3.05) is 20.7 Å². The van der Waals surface area contributed by atoms with Crippen molar-refractivity contribution in [3.63, 3.8) is 0 Å². The maximum atomic E-state index is 13.5. The van der Waals surface area contributed by atoms with Gasteiger partial charge in [-0.2, -0.15) is 0 Å². The van der Waals surface area contributed by atoms with Crippen LogP contribution in [-0.2, 0) is 11.3 Å². The molecule has 3 aliphatic rings. The molecule has 2 fully saturated rings. The molecule has 0 radical (unpaired) electrons. The number of nitrogens with zero attached hydrogens (tertiary/aromatic N) is 5. The summed E-state index contributed by atoms with van der Waals surface area (Å²) < 4.78 is 1.66. The maximum Gasteiger partial charge on any atom is 0.318 e. The van der Waals surface area contributed by atoms with E-state index in [-0.39, 0.29) is 36.7 Å². The van der Waals surface area contributed by atoms with Gasteiger partial charge in [0.15, 0.2) is 0 Å². The van der Waals surface area contributed by atoms with E-state index in [4.69, 9.17) is 0 Å². The Kier molecular flexibility index (Phi) is 5.85. The van der Waals surface area contributed by atoms with Gasteiger partial charge in [0.1, 0.15) is 6.33 Å². The van der Waals surface area contributed by atoms with Crippen LogP contribution in [0.15, 0.2) is 35.6 Å². The number of hydrogen-bond donors (Lipinski definition) is 2. The number of fused-ring (bicyclic) bond motifs is 4. The van der Waals surface area contributed by atoms with E-state index in [0.29, 0.717) is 16.8 Å². The lowest BCUT2D eigenvalue weighted by Crippen LogP contribution is -2.53. The van der Waals surface area contributed by atoms with Crippen molar-refractivity contribution in [3.8, 4) is 11.1 Å². The van der Waals surface area contributed by atoms with Crippen LogP contribution in [0.1, 0.15) is 37.4 Å². The number of amides is 3. The molecule has 10 heteroatoms. The summed E-state index contributed by atoms with van der Waals surface area (Å²) in [4.78, 5) is 51.6.